The quantitative estimate of drug-likeness (QED) is 0.386. The van der Waals surface area contributed by atoms with Crippen molar-refractivity contribution >= 4 is 44.7 Å². The van der Waals surface area contributed by atoms with E-state index in [0.717, 1.165) is 21.5 Å². The van der Waals surface area contributed by atoms with Crippen molar-refractivity contribution in [2.45, 2.75) is 13.5 Å². The number of hydrogen-bond acceptors (Lipinski definition) is 6. The summed E-state index contributed by atoms with van der Waals surface area (Å²) in [6.07, 6.45) is 1.61. The number of benzene rings is 1. The first-order valence-corrected chi connectivity index (χ1v) is 10.8. The lowest BCUT2D eigenvalue weighted by atomic mass is 10.2. The molecule has 0 saturated carbocycles. The fourth-order valence-corrected chi connectivity index (χ4v) is 4.38. The van der Waals surface area contributed by atoms with E-state index in [2.05, 4.69) is 15.4 Å². The third-order valence-electron chi connectivity index (χ3n) is 4.65. The van der Waals surface area contributed by atoms with E-state index in [9.17, 15) is 4.79 Å². The normalized spacial score (nSPS) is 11.1. The SMILES string of the molecule is COCCOc1ncccc1NC(=O)c1cc2c(C)nn(Cc3ccccc3Cl)c2s1. The number of nitrogens with zero attached hydrogens (tertiary/aromatic N) is 3. The van der Waals surface area contributed by atoms with E-state index in [-0.39, 0.29) is 5.91 Å². The van der Waals surface area contributed by atoms with E-state index in [4.69, 9.17) is 21.1 Å². The number of aromatic nitrogens is 3. The average molecular weight is 457 g/mol. The number of pyridine rings is 1. The molecule has 1 aromatic carbocycles. The van der Waals surface area contributed by atoms with Crippen molar-refractivity contribution in [3.05, 3.63) is 69.8 Å². The number of rotatable bonds is 8. The van der Waals surface area contributed by atoms with Gasteiger partial charge in [0.25, 0.3) is 5.91 Å². The zero-order chi connectivity index (χ0) is 21.8. The fraction of sp³-hybridized carbons (Fsp3) is 0.227. The van der Waals surface area contributed by atoms with E-state index in [0.29, 0.717) is 41.2 Å². The molecule has 0 aliphatic heterocycles. The van der Waals surface area contributed by atoms with Gasteiger partial charge < -0.3 is 14.8 Å². The van der Waals surface area contributed by atoms with Gasteiger partial charge in [-0.2, -0.15) is 5.10 Å². The molecular formula is C22H21ClN4O3S. The van der Waals surface area contributed by atoms with Crippen LogP contribution >= 0.6 is 22.9 Å². The zero-order valence-corrected chi connectivity index (χ0v) is 18.7. The molecule has 9 heteroatoms. The van der Waals surface area contributed by atoms with Crippen molar-refractivity contribution in [3.8, 4) is 5.88 Å². The van der Waals surface area contributed by atoms with Crippen LogP contribution in [0, 0.1) is 6.92 Å². The van der Waals surface area contributed by atoms with Crippen molar-refractivity contribution in [3.63, 3.8) is 0 Å². The highest BCUT2D eigenvalue weighted by atomic mass is 35.5. The van der Waals surface area contributed by atoms with Crippen LogP contribution in [0.3, 0.4) is 0 Å². The lowest BCUT2D eigenvalue weighted by Gasteiger charge is -2.10. The summed E-state index contributed by atoms with van der Waals surface area (Å²) < 4.78 is 12.5. The largest absolute Gasteiger partial charge is 0.474 e. The zero-order valence-electron chi connectivity index (χ0n) is 17.1. The van der Waals surface area contributed by atoms with Crippen LogP contribution in [0.15, 0.2) is 48.7 Å². The summed E-state index contributed by atoms with van der Waals surface area (Å²) in [5.41, 5.74) is 2.35. The molecule has 0 atom stereocenters. The van der Waals surface area contributed by atoms with Gasteiger partial charge in [0, 0.05) is 23.7 Å². The summed E-state index contributed by atoms with van der Waals surface area (Å²) in [6.45, 7) is 3.24. The summed E-state index contributed by atoms with van der Waals surface area (Å²) in [4.78, 5) is 18.6. The number of thiophene rings is 1. The molecular weight excluding hydrogens is 436 g/mol. The number of fused-ring (bicyclic) bond motifs is 1. The number of nitrogens with one attached hydrogen (secondary N) is 1. The van der Waals surface area contributed by atoms with Gasteiger partial charge in [-0.15, -0.1) is 11.3 Å². The van der Waals surface area contributed by atoms with Gasteiger partial charge in [0.1, 0.15) is 17.1 Å². The van der Waals surface area contributed by atoms with Gasteiger partial charge in [0.05, 0.1) is 23.7 Å². The Hall–Kier alpha value is -2.94. The molecule has 4 aromatic rings. The first-order valence-electron chi connectivity index (χ1n) is 9.65. The van der Waals surface area contributed by atoms with Crippen molar-refractivity contribution in [1.82, 2.24) is 14.8 Å². The molecule has 4 rings (SSSR count). The Morgan fingerprint density at radius 3 is 2.87 bits per heavy atom. The summed E-state index contributed by atoms with van der Waals surface area (Å²) >= 11 is 7.70. The highest BCUT2D eigenvalue weighted by Crippen LogP contribution is 2.31. The van der Waals surface area contributed by atoms with E-state index < -0.39 is 0 Å². The maximum absolute atomic E-state index is 12.9. The summed E-state index contributed by atoms with van der Waals surface area (Å²) in [5.74, 6) is 0.129. The topological polar surface area (TPSA) is 78.3 Å². The minimum atomic E-state index is -0.227. The van der Waals surface area contributed by atoms with Gasteiger partial charge in [-0.1, -0.05) is 29.8 Å². The molecule has 0 radical (unpaired) electrons. The maximum atomic E-state index is 12.9. The third kappa shape index (κ3) is 4.71. The number of hydrogen-bond donors (Lipinski definition) is 1. The minimum Gasteiger partial charge on any atom is -0.474 e. The van der Waals surface area contributed by atoms with Gasteiger partial charge in [0.2, 0.25) is 5.88 Å². The van der Waals surface area contributed by atoms with Crippen LogP contribution in [0.25, 0.3) is 10.2 Å². The predicted molar refractivity (Wildman–Crippen MR) is 122 cm³/mol. The number of aryl methyl sites for hydroxylation is 1. The third-order valence-corrected chi connectivity index (χ3v) is 6.17. The highest BCUT2D eigenvalue weighted by Gasteiger charge is 2.18. The van der Waals surface area contributed by atoms with E-state index in [1.807, 2.05) is 41.9 Å². The Bertz CT molecular complexity index is 1220. The molecule has 0 aliphatic carbocycles. The smallest absolute Gasteiger partial charge is 0.265 e. The van der Waals surface area contributed by atoms with Gasteiger partial charge >= 0.3 is 0 Å². The molecule has 0 bridgehead atoms. The number of carbonyl (C=O) groups excluding carboxylic acids is 1. The summed E-state index contributed by atoms with van der Waals surface area (Å²) in [5, 5.41) is 9.16. The second-order valence-corrected chi connectivity index (χ2v) is 8.25. The van der Waals surface area contributed by atoms with Gasteiger partial charge in [-0.05, 0) is 36.8 Å². The fourth-order valence-electron chi connectivity index (χ4n) is 3.13. The van der Waals surface area contributed by atoms with Crippen LogP contribution in [-0.4, -0.2) is 41.0 Å². The molecule has 31 heavy (non-hydrogen) atoms. The second kappa shape index (κ2) is 9.47. The van der Waals surface area contributed by atoms with E-state index >= 15 is 0 Å². The van der Waals surface area contributed by atoms with Gasteiger partial charge in [-0.25, -0.2) is 4.98 Å². The Kier molecular flexibility index (Phi) is 6.50. The van der Waals surface area contributed by atoms with Crippen LogP contribution in [0.5, 0.6) is 5.88 Å². The minimum absolute atomic E-state index is 0.227. The Morgan fingerprint density at radius 1 is 1.23 bits per heavy atom. The van der Waals surface area contributed by atoms with E-state index in [1.165, 1.54) is 11.3 Å². The molecule has 3 aromatic heterocycles. The molecule has 1 N–H and O–H groups in total. The molecule has 1 amide bonds. The van der Waals surface area contributed by atoms with Crippen LogP contribution in [0.4, 0.5) is 5.69 Å². The first kappa shape index (κ1) is 21.3. The molecule has 7 nitrogen and oxygen atoms in total. The Balaban J connectivity index is 1.57. The van der Waals surface area contributed by atoms with Crippen LogP contribution in [0.1, 0.15) is 20.9 Å². The number of methoxy groups -OCH3 is 1. The standard InChI is InChI=1S/C22H21ClN4O3S/c1-14-16-12-19(20(28)25-18-8-5-9-24-21(18)30-11-10-29-2)31-22(16)27(26-14)13-15-6-3-4-7-17(15)23/h3-9,12H,10-11,13H2,1-2H3,(H,25,28). The molecule has 0 aliphatic rings. The van der Waals surface area contributed by atoms with E-state index in [1.54, 1.807) is 25.4 Å². The molecule has 0 spiro atoms. The van der Waals surface area contributed by atoms with Gasteiger partial charge in [0.15, 0.2) is 0 Å². The number of ether oxygens (including phenoxy) is 2. The first-order chi connectivity index (χ1) is 15.1. The Labute approximate surface area is 188 Å². The lowest BCUT2D eigenvalue weighted by molar-refractivity contribution is 0.102. The number of amides is 1. The molecule has 160 valence electrons. The maximum Gasteiger partial charge on any atom is 0.265 e. The second-order valence-electron chi connectivity index (χ2n) is 6.82. The Morgan fingerprint density at radius 2 is 2.06 bits per heavy atom. The van der Waals surface area contributed by atoms with Crippen LogP contribution in [0.2, 0.25) is 5.02 Å². The highest BCUT2D eigenvalue weighted by molar-refractivity contribution is 7.20. The number of anilines is 1. The predicted octanol–water partition coefficient (Wildman–Crippen LogP) is 4.78. The van der Waals surface area contributed by atoms with Crippen LogP contribution < -0.4 is 10.1 Å². The van der Waals surface area contributed by atoms with Gasteiger partial charge in [-0.3, -0.25) is 9.48 Å². The molecule has 3 heterocycles. The number of halogens is 1. The summed E-state index contributed by atoms with van der Waals surface area (Å²) in [6, 6.07) is 13.0. The summed E-state index contributed by atoms with van der Waals surface area (Å²) in [7, 11) is 1.60. The van der Waals surface area contributed by atoms with Crippen LogP contribution in [-0.2, 0) is 11.3 Å². The lowest BCUT2D eigenvalue weighted by Crippen LogP contribution is -2.13. The molecule has 0 fully saturated rings. The number of carbonyl (C=O) groups is 1. The average Bonchev–Trinajstić information content (AvgIpc) is 3.32. The molecule has 0 saturated heterocycles. The van der Waals surface area contributed by atoms with Crippen molar-refractivity contribution in [1.29, 1.82) is 0 Å². The van der Waals surface area contributed by atoms with Crippen molar-refractivity contribution in [2.75, 3.05) is 25.6 Å². The van der Waals surface area contributed by atoms with Crippen molar-refractivity contribution in [2.24, 2.45) is 0 Å². The van der Waals surface area contributed by atoms with Crippen molar-refractivity contribution < 1.29 is 14.3 Å². The monoisotopic (exact) mass is 456 g/mol. The molecule has 0 unspecified atom stereocenters.